The smallest absolute Gasteiger partial charge is 0.356 e. The molecule has 1 atom stereocenters. The van der Waals surface area contributed by atoms with E-state index in [1.165, 1.54) is 7.11 Å². The van der Waals surface area contributed by atoms with Gasteiger partial charge in [0.15, 0.2) is 5.69 Å². The molecule has 3 aliphatic rings. The summed E-state index contributed by atoms with van der Waals surface area (Å²) in [6.07, 6.45) is 2.69. The third kappa shape index (κ3) is 2.59. The summed E-state index contributed by atoms with van der Waals surface area (Å²) in [5.74, 6) is -2.23. The Bertz CT molecular complexity index is 678. The number of ether oxygens (including phenoxy) is 2. The zero-order chi connectivity index (χ0) is 16.9. The fourth-order valence-electron chi connectivity index (χ4n) is 3.38. The van der Waals surface area contributed by atoms with Crippen LogP contribution in [0, 0.1) is 11.3 Å². The summed E-state index contributed by atoms with van der Waals surface area (Å²) < 4.78 is 37.7. The number of hydrogen-bond acceptors (Lipinski definition) is 5. The number of carbonyl (C=O) groups excluding carboxylic acids is 1. The van der Waals surface area contributed by atoms with Crippen LogP contribution in [0.25, 0.3) is 0 Å². The van der Waals surface area contributed by atoms with Crippen LogP contribution in [0.2, 0.25) is 0 Å². The minimum atomic E-state index is -2.56. The average molecular weight is 338 g/mol. The van der Waals surface area contributed by atoms with E-state index in [-0.39, 0.29) is 12.1 Å². The standard InChI is InChI=1S/C17H20F2N2O3/c1-23-15(22)12-4-5-13(14(20-12)24-8-11-2-3-11)21-7-6-16(10-21)9-17(16,18)19/h4-5,11H,2-3,6-10H2,1H3. The van der Waals surface area contributed by atoms with Gasteiger partial charge < -0.3 is 14.4 Å². The molecule has 1 spiro atoms. The summed E-state index contributed by atoms with van der Waals surface area (Å²) in [6, 6.07) is 3.28. The van der Waals surface area contributed by atoms with Crippen LogP contribution >= 0.6 is 0 Å². The Kier molecular flexibility index (Phi) is 3.44. The Balaban J connectivity index is 1.57. The molecule has 130 valence electrons. The lowest BCUT2D eigenvalue weighted by Gasteiger charge is -2.21. The van der Waals surface area contributed by atoms with Gasteiger partial charge in [-0.3, -0.25) is 0 Å². The number of aromatic nitrogens is 1. The number of hydrogen-bond donors (Lipinski definition) is 0. The second-order valence-electron chi connectivity index (χ2n) is 7.10. The van der Waals surface area contributed by atoms with Crippen molar-refractivity contribution in [3.63, 3.8) is 0 Å². The number of methoxy groups -OCH3 is 1. The first kappa shape index (κ1) is 15.6. The van der Waals surface area contributed by atoms with Crippen molar-refractivity contribution in [3.05, 3.63) is 17.8 Å². The van der Waals surface area contributed by atoms with Crippen molar-refractivity contribution in [2.75, 3.05) is 31.7 Å². The van der Waals surface area contributed by atoms with E-state index >= 15 is 0 Å². The van der Waals surface area contributed by atoms with E-state index in [4.69, 9.17) is 9.47 Å². The van der Waals surface area contributed by atoms with Gasteiger partial charge in [-0.1, -0.05) is 0 Å². The molecular formula is C17H20F2N2O3. The van der Waals surface area contributed by atoms with Crippen molar-refractivity contribution in [2.24, 2.45) is 11.3 Å². The highest BCUT2D eigenvalue weighted by molar-refractivity contribution is 5.88. The van der Waals surface area contributed by atoms with Crippen LogP contribution in [-0.2, 0) is 4.74 Å². The molecule has 2 saturated carbocycles. The molecule has 0 radical (unpaired) electrons. The highest BCUT2D eigenvalue weighted by Gasteiger charge is 2.72. The average Bonchev–Trinajstić information content (AvgIpc) is 3.43. The van der Waals surface area contributed by atoms with Crippen LogP contribution in [0.15, 0.2) is 12.1 Å². The SMILES string of the molecule is COC(=O)c1ccc(N2CCC3(C2)CC3(F)F)c(OCC2CC2)n1. The minimum Gasteiger partial charge on any atom is -0.476 e. The van der Waals surface area contributed by atoms with Gasteiger partial charge >= 0.3 is 5.97 Å². The van der Waals surface area contributed by atoms with Crippen LogP contribution < -0.4 is 9.64 Å². The molecule has 1 aromatic heterocycles. The molecule has 1 saturated heterocycles. The summed E-state index contributed by atoms with van der Waals surface area (Å²) in [5.41, 5.74) is -0.0394. The Morgan fingerprint density at radius 2 is 2.17 bits per heavy atom. The molecule has 4 rings (SSSR count). The van der Waals surface area contributed by atoms with E-state index in [9.17, 15) is 13.6 Å². The first-order chi connectivity index (χ1) is 11.4. The van der Waals surface area contributed by atoms with Crippen LogP contribution in [0.5, 0.6) is 5.88 Å². The maximum Gasteiger partial charge on any atom is 0.356 e. The van der Waals surface area contributed by atoms with E-state index in [0.29, 0.717) is 43.6 Å². The molecular weight excluding hydrogens is 318 g/mol. The summed E-state index contributed by atoms with van der Waals surface area (Å²) in [7, 11) is 1.29. The van der Waals surface area contributed by atoms with Crippen molar-refractivity contribution in [3.8, 4) is 5.88 Å². The molecule has 1 unspecified atom stereocenters. The van der Waals surface area contributed by atoms with E-state index in [1.807, 2.05) is 4.90 Å². The molecule has 2 aliphatic carbocycles. The first-order valence-electron chi connectivity index (χ1n) is 8.29. The van der Waals surface area contributed by atoms with Crippen LogP contribution in [-0.4, -0.2) is 43.7 Å². The van der Waals surface area contributed by atoms with Crippen molar-refractivity contribution >= 4 is 11.7 Å². The van der Waals surface area contributed by atoms with Crippen LogP contribution in [0.1, 0.15) is 36.2 Å². The number of anilines is 1. The highest BCUT2D eigenvalue weighted by Crippen LogP contribution is 2.65. The fraction of sp³-hybridized carbons (Fsp3) is 0.647. The van der Waals surface area contributed by atoms with Gasteiger partial charge in [0.25, 0.3) is 5.92 Å². The number of nitrogens with zero attached hydrogens (tertiary/aromatic N) is 2. The van der Waals surface area contributed by atoms with Crippen LogP contribution in [0.3, 0.4) is 0 Å². The predicted octanol–water partition coefficient (Wildman–Crippen LogP) is 2.89. The number of esters is 1. The summed E-state index contributed by atoms with van der Waals surface area (Å²) >= 11 is 0. The fourth-order valence-corrected chi connectivity index (χ4v) is 3.38. The van der Waals surface area contributed by atoms with E-state index in [1.54, 1.807) is 12.1 Å². The molecule has 2 heterocycles. The van der Waals surface area contributed by atoms with Gasteiger partial charge in [-0.25, -0.2) is 18.6 Å². The van der Waals surface area contributed by atoms with Gasteiger partial charge in [0.2, 0.25) is 5.88 Å². The largest absolute Gasteiger partial charge is 0.476 e. The monoisotopic (exact) mass is 338 g/mol. The van der Waals surface area contributed by atoms with Crippen molar-refractivity contribution < 1.29 is 23.0 Å². The Labute approximate surface area is 138 Å². The molecule has 7 heteroatoms. The first-order valence-corrected chi connectivity index (χ1v) is 8.29. The zero-order valence-corrected chi connectivity index (χ0v) is 13.6. The molecule has 0 aromatic carbocycles. The number of pyridine rings is 1. The lowest BCUT2D eigenvalue weighted by atomic mass is 10.1. The molecule has 1 aliphatic heterocycles. The second kappa shape index (κ2) is 5.29. The molecule has 0 N–H and O–H groups in total. The molecule has 1 aromatic rings. The topological polar surface area (TPSA) is 51.7 Å². The summed E-state index contributed by atoms with van der Waals surface area (Å²) in [4.78, 5) is 17.9. The third-order valence-corrected chi connectivity index (χ3v) is 5.29. The maximum atomic E-state index is 13.6. The maximum absolute atomic E-state index is 13.6. The predicted molar refractivity (Wildman–Crippen MR) is 82.6 cm³/mol. The number of carbonyl (C=O) groups is 1. The lowest BCUT2D eigenvalue weighted by Crippen LogP contribution is -2.23. The minimum absolute atomic E-state index is 0.0392. The van der Waals surface area contributed by atoms with Gasteiger partial charge in [0.1, 0.15) is 0 Å². The zero-order valence-electron chi connectivity index (χ0n) is 13.6. The number of rotatable bonds is 5. The van der Waals surface area contributed by atoms with Crippen molar-refractivity contribution in [2.45, 2.75) is 31.6 Å². The normalized spacial score (nSPS) is 27.4. The van der Waals surface area contributed by atoms with Crippen molar-refractivity contribution in [1.29, 1.82) is 0 Å². The Morgan fingerprint density at radius 3 is 2.75 bits per heavy atom. The van der Waals surface area contributed by atoms with Crippen LogP contribution in [0.4, 0.5) is 14.5 Å². The van der Waals surface area contributed by atoms with E-state index in [2.05, 4.69) is 4.98 Å². The quantitative estimate of drug-likeness (QED) is 0.773. The number of alkyl halides is 2. The molecule has 0 bridgehead atoms. The lowest BCUT2D eigenvalue weighted by molar-refractivity contribution is 0.0592. The second-order valence-corrected chi connectivity index (χ2v) is 7.10. The van der Waals surface area contributed by atoms with Gasteiger partial charge in [0.05, 0.1) is 24.8 Å². The molecule has 3 fully saturated rings. The highest BCUT2D eigenvalue weighted by atomic mass is 19.3. The van der Waals surface area contributed by atoms with Gasteiger partial charge in [0, 0.05) is 19.5 Å². The Morgan fingerprint density at radius 1 is 1.42 bits per heavy atom. The van der Waals surface area contributed by atoms with E-state index in [0.717, 1.165) is 12.8 Å². The molecule has 0 amide bonds. The number of halogens is 2. The van der Waals surface area contributed by atoms with E-state index < -0.39 is 17.3 Å². The third-order valence-electron chi connectivity index (χ3n) is 5.29. The molecule has 5 nitrogen and oxygen atoms in total. The van der Waals surface area contributed by atoms with Gasteiger partial charge in [-0.2, -0.15) is 0 Å². The summed E-state index contributed by atoms with van der Waals surface area (Å²) in [6.45, 7) is 1.40. The molecule has 24 heavy (non-hydrogen) atoms. The van der Waals surface area contributed by atoms with Gasteiger partial charge in [-0.15, -0.1) is 0 Å². The van der Waals surface area contributed by atoms with Gasteiger partial charge in [-0.05, 0) is 37.3 Å². The van der Waals surface area contributed by atoms with Crippen molar-refractivity contribution in [1.82, 2.24) is 4.98 Å². The Hall–Kier alpha value is -1.92. The summed E-state index contributed by atoms with van der Waals surface area (Å²) in [5, 5.41) is 0.